The maximum atomic E-state index is 13.7. The molecule has 32 heavy (non-hydrogen) atoms. The fourth-order valence-electron chi connectivity index (χ4n) is 4.94. The van der Waals surface area contributed by atoms with E-state index in [2.05, 4.69) is 5.43 Å². The maximum absolute atomic E-state index is 13.7. The Kier molecular flexibility index (Phi) is 6.39. The molecule has 1 N–H and O–H groups in total. The summed E-state index contributed by atoms with van der Waals surface area (Å²) in [4.78, 5) is 38.7. The zero-order valence-electron chi connectivity index (χ0n) is 18.5. The summed E-state index contributed by atoms with van der Waals surface area (Å²) in [5, 5.41) is 0. The minimum atomic E-state index is -0.414. The number of carbonyl (C=O) groups is 3. The lowest BCUT2D eigenvalue weighted by molar-refractivity contribution is -0.159. The molecule has 0 radical (unpaired) electrons. The summed E-state index contributed by atoms with van der Waals surface area (Å²) >= 11 is 0. The van der Waals surface area contributed by atoms with Crippen LogP contribution in [-0.2, 0) is 19.1 Å². The van der Waals surface area contributed by atoms with Gasteiger partial charge in [-0.2, -0.15) is 5.43 Å². The van der Waals surface area contributed by atoms with Crippen molar-refractivity contribution in [2.24, 2.45) is 0 Å². The zero-order chi connectivity index (χ0) is 22.7. The Hall–Kier alpha value is -3.03. The number of amides is 2. The molecule has 7 nitrogen and oxygen atoms in total. The van der Waals surface area contributed by atoms with Crippen LogP contribution in [0.5, 0.6) is 5.75 Å². The number of methoxy groups -OCH3 is 1. The predicted octanol–water partition coefficient (Wildman–Crippen LogP) is 3.27. The highest BCUT2D eigenvalue weighted by Crippen LogP contribution is 2.47. The SMILES string of the molecule is COc1ccc([N+]2(NC(C)=O)C(=O)C(c3ccccc3)C2CCC(=O)[C@@H]2CCCO2)cc1. The van der Waals surface area contributed by atoms with Crippen molar-refractivity contribution in [2.45, 2.75) is 50.7 Å². The van der Waals surface area contributed by atoms with E-state index in [1.165, 1.54) is 6.92 Å². The molecule has 2 heterocycles. The Labute approximate surface area is 187 Å². The van der Waals surface area contributed by atoms with Gasteiger partial charge < -0.3 is 9.47 Å². The maximum Gasteiger partial charge on any atom is 0.357 e. The topological polar surface area (TPSA) is 81.7 Å². The van der Waals surface area contributed by atoms with Crippen LogP contribution in [0.25, 0.3) is 0 Å². The van der Waals surface area contributed by atoms with E-state index in [9.17, 15) is 14.4 Å². The summed E-state index contributed by atoms with van der Waals surface area (Å²) in [5.74, 6) is -0.124. The van der Waals surface area contributed by atoms with Crippen LogP contribution < -0.4 is 14.8 Å². The molecule has 2 fully saturated rings. The lowest BCUT2D eigenvalue weighted by atomic mass is 9.76. The van der Waals surface area contributed by atoms with Gasteiger partial charge in [-0.15, -0.1) is 4.59 Å². The van der Waals surface area contributed by atoms with E-state index in [1.54, 1.807) is 31.4 Å². The van der Waals surface area contributed by atoms with Gasteiger partial charge in [-0.3, -0.25) is 9.59 Å². The van der Waals surface area contributed by atoms with Crippen molar-refractivity contribution in [2.75, 3.05) is 13.7 Å². The van der Waals surface area contributed by atoms with Crippen molar-refractivity contribution < 1.29 is 23.9 Å². The van der Waals surface area contributed by atoms with Crippen molar-refractivity contribution in [3.05, 3.63) is 60.2 Å². The van der Waals surface area contributed by atoms with Gasteiger partial charge in [-0.1, -0.05) is 30.3 Å². The first-order valence-corrected chi connectivity index (χ1v) is 11.0. The highest BCUT2D eigenvalue weighted by molar-refractivity contribution is 6.03. The largest absolute Gasteiger partial charge is 0.497 e. The second kappa shape index (κ2) is 9.22. The zero-order valence-corrected chi connectivity index (χ0v) is 18.5. The summed E-state index contributed by atoms with van der Waals surface area (Å²) in [6, 6.07) is 16.4. The van der Waals surface area contributed by atoms with E-state index in [4.69, 9.17) is 9.47 Å². The van der Waals surface area contributed by atoms with Gasteiger partial charge in [0.25, 0.3) is 5.91 Å². The number of benzene rings is 2. The third-order valence-corrected chi connectivity index (χ3v) is 6.44. The first kappa shape index (κ1) is 22.2. The molecule has 7 heteroatoms. The number of hydrogen-bond acceptors (Lipinski definition) is 5. The van der Waals surface area contributed by atoms with E-state index < -0.39 is 5.92 Å². The van der Waals surface area contributed by atoms with Crippen LogP contribution in [0.1, 0.15) is 44.1 Å². The van der Waals surface area contributed by atoms with Crippen molar-refractivity contribution in [3.8, 4) is 5.75 Å². The number of ketones is 1. The normalized spacial score (nSPS) is 26.9. The van der Waals surface area contributed by atoms with Gasteiger partial charge in [0.2, 0.25) is 0 Å². The van der Waals surface area contributed by atoms with Gasteiger partial charge in [0.05, 0.1) is 7.11 Å². The van der Waals surface area contributed by atoms with Crippen molar-refractivity contribution in [1.82, 2.24) is 10.0 Å². The Balaban J connectivity index is 1.70. The molecular weight excluding hydrogens is 408 g/mol. The third kappa shape index (κ3) is 3.94. The van der Waals surface area contributed by atoms with Gasteiger partial charge >= 0.3 is 5.91 Å². The molecule has 2 aromatic rings. The molecule has 2 saturated heterocycles. The lowest BCUT2D eigenvalue weighted by Crippen LogP contribution is -2.81. The summed E-state index contributed by atoms with van der Waals surface area (Å²) in [6.07, 6.45) is 2.03. The van der Waals surface area contributed by atoms with Gasteiger partial charge in [0.1, 0.15) is 17.9 Å². The highest BCUT2D eigenvalue weighted by atomic mass is 16.5. The van der Waals surface area contributed by atoms with E-state index in [1.807, 2.05) is 30.3 Å². The number of nitrogens with zero attached hydrogens (tertiary/aromatic N) is 1. The first-order valence-electron chi connectivity index (χ1n) is 11.0. The Morgan fingerprint density at radius 2 is 1.84 bits per heavy atom. The number of ether oxygens (including phenoxy) is 2. The van der Waals surface area contributed by atoms with Crippen LogP contribution >= 0.6 is 0 Å². The summed E-state index contributed by atoms with van der Waals surface area (Å²) < 4.78 is 10.5. The molecule has 2 amide bonds. The van der Waals surface area contributed by atoms with E-state index in [0.717, 1.165) is 18.4 Å². The molecule has 0 bridgehead atoms. The fraction of sp³-hybridized carbons (Fsp3) is 0.400. The minimum Gasteiger partial charge on any atom is -0.497 e. The molecule has 0 aliphatic carbocycles. The summed E-state index contributed by atoms with van der Waals surface area (Å²) in [6.45, 7) is 2.02. The molecule has 168 valence electrons. The van der Waals surface area contributed by atoms with Gasteiger partial charge in [-0.25, -0.2) is 4.79 Å². The van der Waals surface area contributed by atoms with Crippen LogP contribution in [0, 0.1) is 0 Å². The number of β-lactam (4-membered cyclic amide) rings is 1. The second-order valence-electron chi connectivity index (χ2n) is 8.39. The quantitative estimate of drug-likeness (QED) is 0.506. The van der Waals surface area contributed by atoms with Gasteiger partial charge in [-0.05, 0) is 30.5 Å². The molecule has 0 saturated carbocycles. The number of rotatable bonds is 8. The van der Waals surface area contributed by atoms with Crippen molar-refractivity contribution in [3.63, 3.8) is 0 Å². The van der Waals surface area contributed by atoms with E-state index in [-0.39, 0.29) is 34.3 Å². The molecular formula is C25H29N2O5+. The second-order valence-corrected chi connectivity index (χ2v) is 8.39. The van der Waals surface area contributed by atoms with Crippen LogP contribution in [0.15, 0.2) is 54.6 Å². The average Bonchev–Trinajstić information content (AvgIpc) is 3.35. The molecule has 0 aromatic heterocycles. The number of carbonyl (C=O) groups excluding carboxylic acids is 3. The Morgan fingerprint density at radius 1 is 1.12 bits per heavy atom. The minimum absolute atomic E-state index is 0.0596. The molecule has 2 aliphatic heterocycles. The monoisotopic (exact) mass is 437 g/mol. The van der Waals surface area contributed by atoms with Crippen LogP contribution in [0.3, 0.4) is 0 Å². The van der Waals surface area contributed by atoms with Crippen molar-refractivity contribution in [1.29, 1.82) is 0 Å². The number of nitrogens with one attached hydrogen (secondary N) is 1. The first-order chi connectivity index (χ1) is 15.5. The number of Topliss-reactive ketones (excluding diaryl/α,β-unsaturated/α-hetero) is 1. The van der Waals surface area contributed by atoms with E-state index in [0.29, 0.717) is 30.9 Å². The molecule has 3 unspecified atom stereocenters. The van der Waals surface area contributed by atoms with Crippen LogP contribution in [0.2, 0.25) is 0 Å². The van der Waals surface area contributed by atoms with Gasteiger partial charge in [0, 0.05) is 38.5 Å². The Morgan fingerprint density at radius 3 is 2.44 bits per heavy atom. The highest BCUT2D eigenvalue weighted by Gasteiger charge is 2.66. The van der Waals surface area contributed by atoms with Gasteiger partial charge in [0.15, 0.2) is 17.4 Å². The van der Waals surface area contributed by atoms with E-state index >= 15 is 0 Å². The molecule has 4 rings (SSSR count). The predicted molar refractivity (Wildman–Crippen MR) is 120 cm³/mol. The van der Waals surface area contributed by atoms with Crippen molar-refractivity contribution >= 4 is 23.3 Å². The summed E-state index contributed by atoms with van der Waals surface area (Å²) in [5.41, 5.74) is 4.44. The lowest BCUT2D eigenvalue weighted by Gasteiger charge is -2.52. The standard InChI is InChI=1S/C25H28N2O5/c1-17(28)26-27(19-10-12-20(31-2)13-11-19)21(14-15-22(29)23-9-6-16-32-23)24(25(27)30)18-7-4-3-5-8-18/h3-5,7-8,10-13,21,23-24H,6,9,14-16H2,1-2H3/p+1/t21?,23-,24?,27?/m0/s1. The Bertz CT molecular complexity index is 985. The summed E-state index contributed by atoms with van der Waals surface area (Å²) in [7, 11) is 1.58. The van der Waals surface area contributed by atoms with Crippen LogP contribution in [-0.4, -0.2) is 43.5 Å². The number of hydrogen-bond donors (Lipinski definition) is 1. The third-order valence-electron chi connectivity index (χ3n) is 6.44. The fourth-order valence-corrected chi connectivity index (χ4v) is 4.94. The number of quaternary nitrogens is 1. The molecule has 4 atom stereocenters. The van der Waals surface area contributed by atoms with Crippen LogP contribution in [0.4, 0.5) is 5.69 Å². The average molecular weight is 438 g/mol. The smallest absolute Gasteiger partial charge is 0.357 e. The molecule has 2 aliphatic rings. The molecule has 0 spiro atoms. The molecule has 2 aromatic carbocycles.